The van der Waals surface area contributed by atoms with Gasteiger partial charge >= 0.3 is 11.9 Å². The fourth-order valence-electron chi connectivity index (χ4n) is 4.40. The number of aliphatic imine (C=N–C) groups is 1. The fraction of sp³-hybridized carbons (Fsp3) is 0.567. The van der Waals surface area contributed by atoms with Gasteiger partial charge in [0.2, 0.25) is 23.6 Å². The summed E-state index contributed by atoms with van der Waals surface area (Å²) >= 11 is 0. The molecule has 0 fully saturated rings. The summed E-state index contributed by atoms with van der Waals surface area (Å²) < 4.78 is 0. The topological polar surface area (TPSA) is 302 Å². The second-order valence-corrected chi connectivity index (χ2v) is 11.6. The quantitative estimate of drug-likeness (QED) is 0.0433. The van der Waals surface area contributed by atoms with E-state index in [-0.39, 0.29) is 37.5 Å². The molecule has 1 aromatic rings. The summed E-state index contributed by atoms with van der Waals surface area (Å²) in [4.78, 5) is 79.8. The molecule has 0 bridgehead atoms. The Bertz CT molecular complexity index is 1270. The Balaban J connectivity index is 3.28. The third-order valence-corrected chi connectivity index (χ3v) is 7.34. The number of rotatable bonds is 20. The minimum Gasteiger partial charge on any atom is -0.508 e. The third kappa shape index (κ3) is 14.4. The van der Waals surface area contributed by atoms with Crippen molar-refractivity contribution in [1.29, 1.82) is 0 Å². The largest absolute Gasteiger partial charge is 0.508 e. The van der Waals surface area contributed by atoms with E-state index in [4.69, 9.17) is 22.3 Å². The number of benzene rings is 1. The van der Waals surface area contributed by atoms with Gasteiger partial charge in [-0.15, -0.1) is 0 Å². The summed E-state index contributed by atoms with van der Waals surface area (Å²) in [6.07, 6.45) is -0.0835. The molecule has 262 valence electrons. The van der Waals surface area contributed by atoms with E-state index in [0.717, 1.165) is 0 Å². The Kier molecular flexibility index (Phi) is 16.7. The smallest absolute Gasteiger partial charge is 0.326 e. The van der Waals surface area contributed by atoms with Crippen LogP contribution in [0.1, 0.15) is 58.9 Å². The van der Waals surface area contributed by atoms with E-state index in [9.17, 15) is 39.0 Å². The van der Waals surface area contributed by atoms with Crippen molar-refractivity contribution in [2.45, 2.75) is 90.0 Å². The first-order chi connectivity index (χ1) is 22.0. The van der Waals surface area contributed by atoms with Gasteiger partial charge in [0.25, 0.3) is 0 Å². The predicted molar refractivity (Wildman–Crippen MR) is 172 cm³/mol. The van der Waals surface area contributed by atoms with Gasteiger partial charge in [0, 0.05) is 13.0 Å². The standard InChI is InChI=1S/C30H48N8O9/c1-5-16(4)24(29(46)47)38-27(44)21(13-17-8-10-18(39)11-9-17)36-28(45)23(15(2)3)37-26(43)20(7-6-12-34-30(32)33)35-25(42)19(31)14-22(40)41/h8-11,15-16,19-21,23-24,39H,5-7,12-14,31H2,1-4H3,(H,35,42)(H,36,45)(H,37,43)(H,38,44)(H,40,41)(H,46,47)(H4,32,33,34)/t16-,19+,20+,21+,23+,24+/m1/s1. The SMILES string of the molecule is CC[C@@H](C)[C@H](NC(=O)[C@H](Cc1ccc(O)cc1)NC(=O)[C@@H](NC(=O)[C@H](CCCN=C(N)N)NC(=O)[C@@H](N)CC(=O)O)C(C)C)C(=O)O. The van der Waals surface area contributed by atoms with Crippen LogP contribution in [0, 0.1) is 11.8 Å². The van der Waals surface area contributed by atoms with Crippen LogP contribution in [0.2, 0.25) is 0 Å². The lowest BCUT2D eigenvalue weighted by Gasteiger charge is -2.28. The lowest BCUT2D eigenvalue weighted by Crippen LogP contribution is -2.60. The predicted octanol–water partition coefficient (Wildman–Crippen LogP) is -1.48. The van der Waals surface area contributed by atoms with E-state index >= 15 is 0 Å². The average Bonchev–Trinajstić information content (AvgIpc) is 2.99. The molecule has 0 spiro atoms. The molecule has 0 aromatic heterocycles. The van der Waals surface area contributed by atoms with Crippen LogP contribution in [0.3, 0.4) is 0 Å². The molecule has 0 unspecified atom stereocenters. The van der Waals surface area contributed by atoms with E-state index in [2.05, 4.69) is 26.3 Å². The van der Waals surface area contributed by atoms with Crippen LogP contribution in [0.4, 0.5) is 0 Å². The summed E-state index contributed by atoms with van der Waals surface area (Å²) in [5.41, 5.74) is 16.9. The Morgan fingerprint density at radius 1 is 0.809 bits per heavy atom. The molecule has 47 heavy (non-hydrogen) atoms. The number of phenols is 1. The Hall–Kier alpha value is -4.93. The molecule has 0 heterocycles. The van der Waals surface area contributed by atoms with Gasteiger partial charge in [0.1, 0.15) is 29.9 Å². The number of amides is 4. The highest BCUT2D eigenvalue weighted by Gasteiger charge is 2.34. The van der Waals surface area contributed by atoms with Crippen molar-refractivity contribution in [3.05, 3.63) is 29.8 Å². The molecule has 4 amide bonds. The summed E-state index contributed by atoms with van der Waals surface area (Å²) in [7, 11) is 0. The number of aliphatic carboxylic acids is 2. The zero-order chi connectivity index (χ0) is 35.8. The van der Waals surface area contributed by atoms with Crippen molar-refractivity contribution in [2.24, 2.45) is 34.0 Å². The minimum atomic E-state index is -1.45. The third-order valence-electron chi connectivity index (χ3n) is 7.34. The highest BCUT2D eigenvalue weighted by atomic mass is 16.4. The second-order valence-electron chi connectivity index (χ2n) is 11.6. The van der Waals surface area contributed by atoms with E-state index in [0.29, 0.717) is 12.0 Å². The van der Waals surface area contributed by atoms with Crippen LogP contribution in [0.5, 0.6) is 5.75 Å². The van der Waals surface area contributed by atoms with Gasteiger partial charge in [-0.1, -0.05) is 46.2 Å². The van der Waals surface area contributed by atoms with Crippen molar-refractivity contribution in [3.63, 3.8) is 0 Å². The van der Waals surface area contributed by atoms with E-state index in [1.807, 2.05) is 0 Å². The number of carbonyl (C=O) groups excluding carboxylic acids is 4. The number of carboxylic acids is 2. The lowest BCUT2D eigenvalue weighted by molar-refractivity contribution is -0.144. The number of carbonyl (C=O) groups is 6. The number of hydrogen-bond acceptors (Lipinski definition) is 9. The average molecular weight is 665 g/mol. The van der Waals surface area contributed by atoms with Gasteiger partial charge in [0.05, 0.1) is 12.5 Å². The van der Waals surface area contributed by atoms with E-state index in [1.54, 1.807) is 27.7 Å². The molecule has 6 atom stereocenters. The van der Waals surface area contributed by atoms with Crippen LogP contribution in [-0.2, 0) is 35.2 Å². The van der Waals surface area contributed by atoms with Gasteiger partial charge in [-0.2, -0.15) is 0 Å². The van der Waals surface area contributed by atoms with Crippen molar-refractivity contribution in [1.82, 2.24) is 21.3 Å². The molecule has 0 radical (unpaired) electrons. The fourth-order valence-corrected chi connectivity index (χ4v) is 4.40. The Labute approximate surface area is 273 Å². The van der Waals surface area contributed by atoms with Crippen LogP contribution in [0.25, 0.3) is 0 Å². The van der Waals surface area contributed by atoms with Crippen LogP contribution in [0.15, 0.2) is 29.3 Å². The zero-order valence-corrected chi connectivity index (χ0v) is 27.1. The van der Waals surface area contributed by atoms with Crippen molar-refractivity contribution in [3.8, 4) is 5.75 Å². The Morgan fingerprint density at radius 3 is 1.87 bits per heavy atom. The van der Waals surface area contributed by atoms with Crippen LogP contribution in [-0.4, -0.2) is 93.6 Å². The van der Waals surface area contributed by atoms with Gasteiger partial charge in [0.15, 0.2) is 5.96 Å². The lowest BCUT2D eigenvalue weighted by atomic mass is 9.97. The first-order valence-electron chi connectivity index (χ1n) is 15.2. The molecule has 1 aromatic carbocycles. The van der Waals surface area contributed by atoms with E-state index < -0.39 is 84.0 Å². The molecule has 0 aliphatic carbocycles. The molecule has 0 aliphatic rings. The number of hydrogen-bond donors (Lipinski definition) is 10. The zero-order valence-electron chi connectivity index (χ0n) is 27.1. The monoisotopic (exact) mass is 664 g/mol. The number of aromatic hydroxyl groups is 1. The maximum absolute atomic E-state index is 13.6. The number of phenolic OH excluding ortho intramolecular Hbond substituents is 1. The molecule has 0 saturated heterocycles. The van der Waals surface area contributed by atoms with Crippen molar-refractivity contribution < 1.29 is 44.1 Å². The summed E-state index contributed by atoms with van der Waals surface area (Å²) in [5.74, 6) is -6.95. The minimum absolute atomic E-state index is 0.00134. The molecular weight excluding hydrogens is 616 g/mol. The van der Waals surface area contributed by atoms with Crippen LogP contribution < -0.4 is 38.5 Å². The van der Waals surface area contributed by atoms with Gasteiger partial charge in [-0.05, 0) is 42.4 Å². The second kappa shape index (κ2) is 19.6. The van der Waals surface area contributed by atoms with Crippen molar-refractivity contribution >= 4 is 41.5 Å². The highest BCUT2D eigenvalue weighted by Crippen LogP contribution is 2.14. The molecular formula is C30H48N8O9. The number of carboxylic acid groups (broad SMARTS) is 2. The molecule has 17 heteroatoms. The normalized spacial score (nSPS) is 14.8. The number of guanidine groups is 1. The molecule has 17 nitrogen and oxygen atoms in total. The summed E-state index contributed by atoms with van der Waals surface area (Å²) in [6, 6.07) is -0.577. The molecule has 13 N–H and O–H groups in total. The maximum Gasteiger partial charge on any atom is 0.326 e. The molecule has 0 aliphatic heterocycles. The van der Waals surface area contributed by atoms with E-state index in [1.165, 1.54) is 24.3 Å². The molecule has 0 saturated carbocycles. The van der Waals surface area contributed by atoms with Gasteiger partial charge < -0.3 is 53.8 Å². The summed E-state index contributed by atoms with van der Waals surface area (Å²) in [5, 5.41) is 38.5. The number of nitrogens with two attached hydrogens (primary N) is 3. The van der Waals surface area contributed by atoms with Crippen LogP contribution >= 0.6 is 0 Å². The molecule has 1 rings (SSSR count). The highest BCUT2D eigenvalue weighted by molar-refractivity contribution is 5.96. The van der Waals surface area contributed by atoms with Crippen molar-refractivity contribution in [2.75, 3.05) is 6.54 Å². The first-order valence-corrected chi connectivity index (χ1v) is 15.2. The van der Waals surface area contributed by atoms with Gasteiger partial charge in [-0.25, -0.2) is 4.79 Å². The Morgan fingerprint density at radius 2 is 1.36 bits per heavy atom. The number of nitrogens with zero attached hydrogens (tertiary/aromatic N) is 1. The first kappa shape index (κ1) is 40.1. The summed E-state index contributed by atoms with van der Waals surface area (Å²) in [6.45, 7) is 6.82. The van der Waals surface area contributed by atoms with Gasteiger partial charge in [-0.3, -0.25) is 29.0 Å². The maximum atomic E-state index is 13.6. The number of nitrogens with one attached hydrogen (secondary N) is 4.